The molecule has 6 heteroatoms. The van der Waals surface area contributed by atoms with Gasteiger partial charge in [-0.05, 0) is 49.8 Å². The minimum atomic E-state index is -0.339. The first-order chi connectivity index (χ1) is 12.0. The third kappa shape index (κ3) is 7.30. The van der Waals surface area contributed by atoms with Crippen LogP contribution < -0.4 is 15.5 Å². The van der Waals surface area contributed by atoms with E-state index in [2.05, 4.69) is 26.6 Å². The van der Waals surface area contributed by atoms with E-state index in [-0.39, 0.29) is 18.1 Å². The Morgan fingerprint density at radius 1 is 1.24 bits per heavy atom. The molecular formula is C19H32N4O2. The molecule has 0 saturated carbocycles. The molecule has 1 saturated heterocycles. The van der Waals surface area contributed by atoms with Gasteiger partial charge in [-0.25, -0.2) is 9.78 Å². The Morgan fingerprint density at radius 2 is 1.96 bits per heavy atom. The van der Waals surface area contributed by atoms with E-state index in [0.717, 1.165) is 24.5 Å². The topological polar surface area (TPSA) is 77.5 Å². The van der Waals surface area contributed by atoms with E-state index < -0.39 is 0 Å². The lowest BCUT2D eigenvalue weighted by atomic mass is 10.1. The number of urea groups is 1. The zero-order chi connectivity index (χ0) is 18.1. The van der Waals surface area contributed by atoms with Crippen LogP contribution in [0.25, 0.3) is 0 Å². The summed E-state index contributed by atoms with van der Waals surface area (Å²) in [5.74, 6) is 1.26. The van der Waals surface area contributed by atoms with Gasteiger partial charge in [-0.15, -0.1) is 0 Å². The molecular weight excluding hydrogens is 316 g/mol. The molecule has 1 fully saturated rings. The zero-order valence-corrected chi connectivity index (χ0v) is 15.5. The fourth-order valence-corrected chi connectivity index (χ4v) is 3.22. The zero-order valence-electron chi connectivity index (χ0n) is 15.5. The second-order valence-electron chi connectivity index (χ2n) is 7.18. The monoisotopic (exact) mass is 348 g/mol. The van der Waals surface area contributed by atoms with Gasteiger partial charge in [0.15, 0.2) is 0 Å². The van der Waals surface area contributed by atoms with Crippen LogP contribution in [0.1, 0.15) is 51.5 Å². The van der Waals surface area contributed by atoms with Crippen molar-refractivity contribution >= 4 is 11.8 Å². The predicted octanol–water partition coefficient (Wildman–Crippen LogP) is 2.67. The van der Waals surface area contributed by atoms with Gasteiger partial charge in [0.1, 0.15) is 5.82 Å². The number of carbonyl (C=O) groups excluding carboxylic acids is 1. The maximum atomic E-state index is 11.9. The average molecular weight is 348 g/mol. The number of rotatable bonds is 7. The molecule has 0 radical (unpaired) electrons. The minimum Gasteiger partial charge on any atom is -0.393 e. The molecule has 1 aromatic heterocycles. The van der Waals surface area contributed by atoms with Crippen LogP contribution in [-0.2, 0) is 6.54 Å². The van der Waals surface area contributed by atoms with Gasteiger partial charge in [-0.2, -0.15) is 0 Å². The van der Waals surface area contributed by atoms with E-state index in [0.29, 0.717) is 19.5 Å². The number of nitrogens with one attached hydrogen (secondary N) is 2. The Morgan fingerprint density at radius 3 is 2.64 bits per heavy atom. The second-order valence-corrected chi connectivity index (χ2v) is 7.18. The van der Waals surface area contributed by atoms with Crippen molar-refractivity contribution in [2.45, 2.75) is 58.6 Å². The fraction of sp³-hybridized carbons (Fsp3) is 0.684. The number of pyridine rings is 1. The quantitative estimate of drug-likeness (QED) is 0.708. The van der Waals surface area contributed by atoms with Crippen LogP contribution in [0.2, 0.25) is 0 Å². The molecule has 140 valence electrons. The molecule has 2 atom stereocenters. The number of amides is 2. The van der Waals surface area contributed by atoms with Gasteiger partial charge in [0.05, 0.1) is 6.10 Å². The van der Waals surface area contributed by atoms with Crippen molar-refractivity contribution in [2.75, 3.05) is 24.5 Å². The van der Waals surface area contributed by atoms with E-state index in [9.17, 15) is 9.90 Å². The fourth-order valence-electron chi connectivity index (χ4n) is 3.22. The average Bonchev–Trinajstić information content (AvgIpc) is 2.87. The maximum absolute atomic E-state index is 11.9. The van der Waals surface area contributed by atoms with Gasteiger partial charge in [-0.1, -0.05) is 19.8 Å². The van der Waals surface area contributed by atoms with Gasteiger partial charge in [0.2, 0.25) is 0 Å². The summed E-state index contributed by atoms with van der Waals surface area (Å²) in [4.78, 5) is 18.8. The number of aliphatic hydroxyl groups excluding tert-OH is 1. The summed E-state index contributed by atoms with van der Waals surface area (Å²) in [6, 6.07) is 3.84. The van der Waals surface area contributed by atoms with Crippen molar-refractivity contribution < 1.29 is 9.90 Å². The summed E-state index contributed by atoms with van der Waals surface area (Å²) in [6.07, 6.45) is 7.20. The molecule has 2 rings (SSSR count). The van der Waals surface area contributed by atoms with Crippen LogP contribution >= 0.6 is 0 Å². The Kier molecular flexibility index (Phi) is 7.98. The normalized spacial score (nSPS) is 17.5. The maximum Gasteiger partial charge on any atom is 0.315 e. The highest BCUT2D eigenvalue weighted by Crippen LogP contribution is 2.18. The van der Waals surface area contributed by atoms with E-state index >= 15 is 0 Å². The molecule has 0 spiro atoms. The highest BCUT2D eigenvalue weighted by atomic mass is 16.3. The number of hydrogen-bond donors (Lipinski definition) is 3. The molecule has 1 aliphatic heterocycles. The van der Waals surface area contributed by atoms with Crippen LogP contribution in [0.5, 0.6) is 0 Å². The van der Waals surface area contributed by atoms with Crippen LogP contribution in [0.3, 0.4) is 0 Å². The van der Waals surface area contributed by atoms with Gasteiger partial charge < -0.3 is 20.6 Å². The lowest BCUT2D eigenvalue weighted by Crippen LogP contribution is -2.37. The summed E-state index contributed by atoms with van der Waals surface area (Å²) in [5.41, 5.74) is 1.06. The molecule has 1 aliphatic rings. The molecule has 1 aromatic rings. The van der Waals surface area contributed by atoms with Crippen LogP contribution in [0.15, 0.2) is 18.3 Å². The highest BCUT2D eigenvalue weighted by molar-refractivity contribution is 5.73. The van der Waals surface area contributed by atoms with E-state index in [4.69, 9.17) is 0 Å². The predicted molar refractivity (Wildman–Crippen MR) is 101 cm³/mol. The van der Waals surface area contributed by atoms with Crippen molar-refractivity contribution in [1.29, 1.82) is 0 Å². The molecule has 2 heterocycles. The minimum absolute atomic E-state index is 0.175. The van der Waals surface area contributed by atoms with Gasteiger partial charge in [-0.3, -0.25) is 0 Å². The van der Waals surface area contributed by atoms with Crippen molar-refractivity contribution in [3.8, 4) is 0 Å². The molecule has 2 amide bonds. The number of carbonyl (C=O) groups is 1. The number of hydrogen-bond acceptors (Lipinski definition) is 4. The van der Waals surface area contributed by atoms with Crippen LogP contribution in [-0.4, -0.2) is 41.9 Å². The summed E-state index contributed by atoms with van der Waals surface area (Å²) in [5, 5.41) is 15.1. The van der Waals surface area contributed by atoms with Crippen molar-refractivity contribution in [3.05, 3.63) is 23.9 Å². The molecule has 0 aromatic carbocycles. The molecule has 0 bridgehead atoms. The largest absolute Gasteiger partial charge is 0.393 e. The number of anilines is 1. The molecule has 25 heavy (non-hydrogen) atoms. The number of nitrogens with zero attached hydrogens (tertiary/aromatic N) is 2. The smallest absolute Gasteiger partial charge is 0.315 e. The van der Waals surface area contributed by atoms with Gasteiger partial charge >= 0.3 is 6.03 Å². The van der Waals surface area contributed by atoms with Gasteiger partial charge in [0.25, 0.3) is 0 Å². The summed E-state index contributed by atoms with van der Waals surface area (Å²) in [6.45, 7) is 6.95. The first-order valence-corrected chi connectivity index (χ1v) is 9.44. The molecule has 2 unspecified atom stereocenters. The first-order valence-electron chi connectivity index (χ1n) is 9.44. The highest BCUT2D eigenvalue weighted by Gasteiger charge is 2.12. The molecule has 6 nitrogen and oxygen atoms in total. The Bertz CT molecular complexity index is 528. The van der Waals surface area contributed by atoms with Crippen molar-refractivity contribution in [3.63, 3.8) is 0 Å². The second kappa shape index (κ2) is 10.2. The van der Waals surface area contributed by atoms with Gasteiger partial charge in [0, 0.05) is 32.4 Å². The standard InChI is InChI=1S/C19H32N4O2/c1-15(11-16(2)24)13-21-19(25)22-14-17-7-8-20-18(12-17)23-9-5-3-4-6-10-23/h7-8,12,15-16,24H,3-6,9-11,13-14H2,1-2H3,(H2,21,22,25). The van der Waals surface area contributed by atoms with Crippen molar-refractivity contribution in [1.82, 2.24) is 15.6 Å². The van der Waals surface area contributed by atoms with Crippen LogP contribution in [0.4, 0.5) is 10.6 Å². The third-order valence-electron chi connectivity index (χ3n) is 4.55. The summed E-state index contributed by atoms with van der Waals surface area (Å²) in [7, 11) is 0. The summed E-state index contributed by atoms with van der Waals surface area (Å²) >= 11 is 0. The molecule has 0 aliphatic carbocycles. The van der Waals surface area contributed by atoms with E-state index in [1.807, 2.05) is 19.2 Å². The van der Waals surface area contributed by atoms with E-state index in [1.165, 1.54) is 25.7 Å². The Hall–Kier alpha value is -1.82. The Balaban J connectivity index is 1.78. The lowest BCUT2D eigenvalue weighted by Gasteiger charge is -2.21. The number of aromatic nitrogens is 1. The van der Waals surface area contributed by atoms with E-state index in [1.54, 1.807) is 6.92 Å². The molecule has 3 N–H and O–H groups in total. The third-order valence-corrected chi connectivity index (χ3v) is 4.55. The first kappa shape index (κ1) is 19.5. The number of aliphatic hydroxyl groups is 1. The van der Waals surface area contributed by atoms with Crippen molar-refractivity contribution in [2.24, 2.45) is 5.92 Å². The lowest BCUT2D eigenvalue weighted by molar-refractivity contribution is 0.163. The van der Waals surface area contributed by atoms with Crippen LogP contribution in [0, 0.1) is 5.92 Å². The summed E-state index contributed by atoms with van der Waals surface area (Å²) < 4.78 is 0. The SMILES string of the molecule is CC(O)CC(C)CNC(=O)NCc1ccnc(N2CCCCCC2)c1. The Labute approximate surface area is 151 Å².